The molecule has 16 heavy (non-hydrogen) atoms. The molecule has 4 heteroatoms. The quantitative estimate of drug-likeness (QED) is 0.752. The first-order chi connectivity index (χ1) is 7.56. The number of carbonyl (C=O) groups is 1. The maximum Gasteiger partial charge on any atom is 0.167 e. The average molecular weight is 261 g/mol. The van der Waals surface area contributed by atoms with Gasteiger partial charge in [0.15, 0.2) is 5.78 Å². The zero-order valence-corrected chi connectivity index (χ0v) is 10.8. The highest BCUT2D eigenvalue weighted by atomic mass is 35.5. The van der Waals surface area contributed by atoms with Crippen molar-refractivity contribution in [3.63, 3.8) is 0 Å². The molecule has 1 rings (SSSR count). The van der Waals surface area contributed by atoms with Crippen molar-refractivity contribution in [2.24, 2.45) is 5.92 Å². The Hall–Kier alpha value is -0.570. The van der Waals surface area contributed by atoms with Gasteiger partial charge in [-0.3, -0.25) is 4.79 Å². The normalized spacial score (nSPS) is 12.5. The molecular weight excluding hydrogens is 247 g/mol. The van der Waals surface area contributed by atoms with Gasteiger partial charge in [-0.25, -0.2) is 0 Å². The molecule has 0 bridgehead atoms. The second kappa shape index (κ2) is 6.24. The Morgan fingerprint density at radius 3 is 2.75 bits per heavy atom. The van der Waals surface area contributed by atoms with E-state index in [9.17, 15) is 4.79 Å². The van der Waals surface area contributed by atoms with Crippen molar-refractivity contribution in [3.8, 4) is 0 Å². The van der Waals surface area contributed by atoms with Crippen LogP contribution in [-0.4, -0.2) is 19.5 Å². The molecule has 0 saturated carbocycles. The molecule has 0 aliphatic carbocycles. The third-order valence-corrected chi connectivity index (χ3v) is 2.96. The molecule has 2 nitrogen and oxygen atoms in total. The third kappa shape index (κ3) is 3.48. The van der Waals surface area contributed by atoms with E-state index in [1.807, 2.05) is 6.92 Å². The maximum atomic E-state index is 12.0. The fraction of sp³-hybridized carbons (Fsp3) is 0.417. The van der Waals surface area contributed by atoms with Gasteiger partial charge in [-0.2, -0.15) is 0 Å². The van der Waals surface area contributed by atoms with E-state index in [-0.39, 0.29) is 11.7 Å². The van der Waals surface area contributed by atoms with Crippen LogP contribution >= 0.6 is 23.2 Å². The zero-order valence-electron chi connectivity index (χ0n) is 9.30. The van der Waals surface area contributed by atoms with E-state index in [2.05, 4.69) is 0 Å². The summed E-state index contributed by atoms with van der Waals surface area (Å²) in [4.78, 5) is 12.0. The van der Waals surface area contributed by atoms with Gasteiger partial charge in [-0.15, -0.1) is 0 Å². The number of Topliss-reactive ketones (excluding diaryl/α,β-unsaturated/α-hetero) is 1. The molecule has 0 spiro atoms. The number of halogens is 2. The second-order valence-corrected chi connectivity index (χ2v) is 4.51. The summed E-state index contributed by atoms with van der Waals surface area (Å²) >= 11 is 11.8. The number of carbonyl (C=O) groups excluding carboxylic acids is 1. The van der Waals surface area contributed by atoms with Crippen LogP contribution in [0.25, 0.3) is 0 Å². The first kappa shape index (κ1) is 13.5. The molecule has 88 valence electrons. The van der Waals surface area contributed by atoms with Crippen LogP contribution in [0.1, 0.15) is 23.7 Å². The van der Waals surface area contributed by atoms with Gasteiger partial charge in [-0.1, -0.05) is 30.1 Å². The number of ketones is 1. The van der Waals surface area contributed by atoms with E-state index in [4.69, 9.17) is 27.9 Å². The fourth-order valence-electron chi connectivity index (χ4n) is 1.38. The standard InChI is InChI=1S/C12H14Cl2O2/c1-8(5-6-16-2)12(15)10-7-9(13)3-4-11(10)14/h3-4,7-8H,5-6H2,1-2H3. The Labute approximate surface area is 106 Å². The molecule has 0 saturated heterocycles. The molecular formula is C12H14Cl2O2. The Kier molecular flexibility index (Phi) is 5.26. The van der Waals surface area contributed by atoms with Gasteiger partial charge in [0, 0.05) is 30.2 Å². The van der Waals surface area contributed by atoms with Crippen LogP contribution in [0.15, 0.2) is 18.2 Å². The summed E-state index contributed by atoms with van der Waals surface area (Å²) in [5.41, 5.74) is 0.484. The minimum Gasteiger partial charge on any atom is -0.385 e. The lowest BCUT2D eigenvalue weighted by Gasteiger charge is -2.11. The zero-order chi connectivity index (χ0) is 12.1. The summed E-state index contributed by atoms with van der Waals surface area (Å²) in [5, 5.41) is 0.963. The molecule has 0 amide bonds. The lowest BCUT2D eigenvalue weighted by atomic mass is 9.97. The molecule has 0 heterocycles. The average Bonchev–Trinajstić information content (AvgIpc) is 2.28. The summed E-state index contributed by atoms with van der Waals surface area (Å²) in [6, 6.07) is 4.91. The summed E-state index contributed by atoms with van der Waals surface area (Å²) < 4.78 is 4.94. The number of methoxy groups -OCH3 is 1. The molecule has 0 aliphatic heterocycles. The van der Waals surface area contributed by atoms with E-state index >= 15 is 0 Å². The summed E-state index contributed by atoms with van der Waals surface area (Å²) in [7, 11) is 1.61. The molecule has 0 aliphatic rings. The molecule has 0 aromatic heterocycles. The maximum absolute atomic E-state index is 12.0. The van der Waals surface area contributed by atoms with Crippen LogP contribution in [0.3, 0.4) is 0 Å². The molecule has 1 unspecified atom stereocenters. The topological polar surface area (TPSA) is 26.3 Å². The van der Waals surface area contributed by atoms with Crippen molar-refractivity contribution in [2.45, 2.75) is 13.3 Å². The van der Waals surface area contributed by atoms with Crippen molar-refractivity contribution in [3.05, 3.63) is 33.8 Å². The summed E-state index contributed by atoms with van der Waals surface area (Å²) in [6.07, 6.45) is 0.679. The van der Waals surface area contributed by atoms with Crippen LogP contribution < -0.4 is 0 Å². The van der Waals surface area contributed by atoms with Gasteiger partial charge in [0.2, 0.25) is 0 Å². The van der Waals surface area contributed by atoms with Crippen LogP contribution in [0.4, 0.5) is 0 Å². The van der Waals surface area contributed by atoms with E-state index in [1.165, 1.54) is 0 Å². The van der Waals surface area contributed by atoms with Gasteiger partial charge < -0.3 is 4.74 Å². The number of ether oxygens (including phenoxy) is 1. The fourth-order valence-corrected chi connectivity index (χ4v) is 1.76. The molecule has 1 aromatic carbocycles. The molecule has 0 fully saturated rings. The van der Waals surface area contributed by atoms with Gasteiger partial charge in [0.1, 0.15) is 0 Å². The summed E-state index contributed by atoms with van der Waals surface area (Å²) in [5.74, 6) is -0.111. The van der Waals surface area contributed by atoms with E-state index < -0.39 is 0 Å². The number of hydrogen-bond acceptors (Lipinski definition) is 2. The van der Waals surface area contributed by atoms with Gasteiger partial charge in [0.25, 0.3) is 0 Å². The van der Waals surface area contributed by atoms with E-state index in [1.54, 1.807) is 25.3 Å². The van der Waals surface area contributed by atoms with Crippen molar-refractivity contribution in [1.82, 2.24) is 0 Å². The highest BCUT2D eigenvalue weighted by Gasteiger charge is 2.17. The third-order valence-electron chi connectivity index (χ3n) is 2.40. The predicted molar refractivity (Wildman–Crippen MR) is 66.4 cm³/mol. The van der Waals surface area contributed by atoms with Crippen molar-refractivity contribution in [2.75, 3.05) is 13.7 Å². The Morgan fingerprint density at radius 2 is 2.12 bits per heavy atom. The Morgan fingerprint density at radius 1 is 1.44 bits per heavy atom. The number of benzene rings is 1. The molecule has 0 radical (unpaired) electrons. The van der Waals surface area contributed by atoms with Crippen LogP contribution in [0.2, 0.25) is 10.0 Å². The first-order valence-electron chi connectivity index (χ1n) is 5.04. The van der Waals surface area contributed by atoms with Crippen molar-refractivity contribution >= 4 is 29.0 Å². The van der Waals surface area contributed by atoms with Gasteiger partial charge in [0.05, 0.1) is 5.02 Å². The highest BCUT2D eigenvalue weighted by molar-refractivity contribution is 6.36. The molecule has 1 atom stereocenters. The van der Waals surface area contributed by atoms with Crippen LogP contribution in [-0.2, 0) is 4.74 Å². The van der Waals surface area contributed by atoms with Gasteiger partial charge in [-0.05, 0) is 24.6 Å². The highest BCUT2D eigenvalue weighted by Crippen LogP contribution is 2.24. The SMILES string of the molecule is COCCC(C)C(=O)c1cc(Cl)ccc1Cl. The summed E-state index contributed by atoms with van der Waals surface area (Å²) in [6.45, 7) is 2.42. The Balaban J connectivity index is 2.83. The lowest BCUT2D eigenvalue weighted by molar-refractivity contribution is 0.0894. The minimum absolute atomic E-state index is 0.00421. The molecule has 1 aromatic rings. The molecule has 0 N–H and O–H groups in total. The van der Waals surface area contributed by atoms with E-state index in [0.29, 0.717) is 28.6 Å². The van der Waals surface area contributed by atoms with Crippen molar-refractivity contribution < 1.29 is 9.53 Å². The van der Waals surface area contributed by atoms with Gasteiger partial charge >= 0.3 is 0 Å². The Bertz CT molecular complexity index is 377. The van der Waals surface area contributed by atoms with Crippen LogP contribution in [0.5, 0.6) is 0 Å². The van der Waals surface area contributed by atoms with E-state index in [0.717, 1.165) is 0 Å². The monoisotopic (exact) mass is 260 g/mol. The number of hydrogen-bond donors (Lipinski definition) is 0. The number of rotatable bonds is 5. The smallest absolute Gasteiger partial charge is 0.167 e. The lowest BCUT2D eigenvalue weighted by Crippen LogP contribution is -2.13. The largest absolute Gasteiger partial charge is 0.385 e. The minimum atomic E-state index is -0.115. The van der Waals surface area contributed by atoms with Crippen LogP contribution in [0, 0.1) is 5.92 Å². The van der Waals surface area contributed by atoms with Crippen molar-refractivity contribution in [1.29, 1.82) is 0 Å². The predicted octanol–water partition coefficient (Wildman–Crippen LogP) is 3.85. The first-order valence-corrected chi connectivity index (χ1v) is 5.80. The second-order valence-electron chi connectivity index (χ2n) is 3.67.